The minimum atomic E-state index is 0.0852. The molecule has 1 saturated carbocycles. The first-order valence-electron chi connectivity index (χ1n) is 6.20. The van der Waals surface area contributed by atoms with E-state index in [2.05, 4.69) is 6.07 Å². The Kier molecular flexibility index (Phi) is 5.16. The van der Waals surface area contributed by atoms with Crippen LogP contribution >= 0.6 is 11.3 Å². The number of carbonyl (C=O) groups is 1. The van der Waals surface area contributed by atoms with Gasteiger partial charge < -0.3 is 14.4 Å². The predicted molar refractivity (Wildman–Crippen MR) is 70.6 cm³/mol. The van der Waals surface area contributed by atoms with Gasteiger partial charge in [0.05, 0.1) is 19.8 Å². The fraction of sp³-hybridized carbons (Fsp3) is 0.615. The minimum Gasteiger partial charge on any atom is -0.382 e. The van der Waals surface area contributed by atoms with Gasteiger partial charge in [0.15, 0.2) is 0 Å². The molecule has 1 heterocycles. The van der Waals surface area contributed by atoms with Crippen molar-refractivity contribution in [2.45, 2.75) is 25.4 Å². The van der Waals surface area contributed by atoms with Crippen molar-refractivity contribution in [2.75, 3.05) is 26.9 Å². The zero-order valence-electron chi connectivity index (χ0n) is 10.6. The third kappa shape index (κ3) is 4.08. The Morgan fingerprint density at radius 2 is 2.33 bits per heavy atom. The molecule has 0 N–H and O–H groups in total. The molecule has 1 amide bonds. The molecule has 0 radical (unpaired) electrons. The number of rotatable bonds is 8. The van der Waals surface area contributed by atoms with E-state index in [0.717, 1.165) is 19.4 Å². The maximum absolute atomic E-state index is 12.1. The highest BCUT2D eigenvalue weighted by Gasteiger charge is 2.32. The Hall–Kier alpha value is -0.910. The molecule has 0 saturated heterocycles. The molecule has 1 aliphatic rings. The Bertz CT molecular complexity index is 362. The lowest BCUT2D eigenvalue weighted by molar-refractivity contribution is -0.137. The van der Waals surface area contributed by atoms with Crippen LogP contribution in [0.1, 0.15) is 17.7 Å². The van der Waals surface area contributed by atoms with Gasteiger partial charge in [0.2, 0.25) is 5.91 Å². The summed E-state index contributed by atoms with van der Waals surface area (Å²) in [5.41, 5.74) is 0. The zero-order chi connectivity index (χ0) is 12.8. The van der Waals surface area contributed by atoms with Crippen molar-refractivity contribution in [3.05, 3.63) is 22.4 Å². The molecule has 1 aliphatic carbocycles. The summed E-state index contributed by atoms with van der Waals surface area (Å²) in [6, 6.07) is 4.51. The van der Waals surface area contributed by atoms with Crippen LogP contribution in [0.15, 0.2) is 17.5 Å². The minimum absolute atomic E-state index is 0.0852. The lowest BCUT2D eigenvalue weighted by Gasteiger charge is -2.21. The second-order valence-electron chi connectivity index (χ2n) is 4.38. The number of thiophene rings is 1. The topological polar surface area (TPSA) is 38.8 Å². The van der Waals surface area contributed by atoms with Gasteiger partial charge in [-0.25, -0.2) is 0 Å². The van der Waals surface area contributed by atoms with Crippen molar-refractivity contribution < 1.29 is 14.3 Å². The highest BCUT2D eigenvalue weighted by atomic mass is 32.1. The monoisotopic (exact) mass is 269 g/mol. The van der Waals surface area contributed by atoms with Gasteiger partial charge in [-0.05, 0) is 24.3 Å². The van der Waals surface area contributed by atoms with Crippen molar-refractivity contribution in [1.29, 1.82) is 0 Å². The van der Waals surface area contributed by atoms with Crippen molar-refractivity contribution >= 4 is 17.2 Å². The summed E-state index contributed by atoms with van der Waals surface area (Å²) in [4.78, 5) is 15.3. The van der Waals surface area contributed by atoms with Gasteiger partial charge in [0.1, 0.15) is 6.61 Å². The first-order valence-corrected chi connectivity index (χ1v) is 7.07. The third-order valence-corrected chi connectivity index (χ3v) is 3.73. The van der Waals surface area contributed by atoms with Crippen molar-refractivity contribution in [3.63, 3.8) is 0 Å². The van der Waals surface area contributed by atoms with Gasteiger partial charge in [-0.1, -0.05) is 6.07 Å². The summed E-state index contributed by atoms with van der Waals surface area (Å²) in [5, 5.41) is 2.04. The molecule has 4 nitrogen and oxygen atoms in total. The number of hydrogen-bond acceptors (Lipinski definition) is 4. The molecular formula is C13H19NO3S. The summed E-state index contributed by atoms with van der Waals surface area (Å²) in [5.74, 6) is 0.0852. The van der Waals surface area contributed by atoms with E-state index in [1.807, 2.05) is 16.3 Å². The molecule has 0 atom stereocenters. The fourth-order valence-corrected chi connectivity index (χ4v) is 2.46. The van der Waals surface area contributed by atoms with Crippen molar-refractivity contribution in [2.24, 2.45) is 0 Å². The zero-order valence-corrected chi connectivity index (χ0v) is 11.4. The molecule has 18 heavy (non-hydrogen) atoms. The van der Waals surface area contributed by atoms with E-state index in [1.54, 1.807) is 18.4 Å². The van der Waals surface area contributed by atoms with Gasteiger partial charge in [0, 0.05) is 18.0 Å². The van der Waals surface area contributed by atoms with Crippen molar-refractivity contribution in [3.8, 4) is 0 Å². The number of amides is 1. The Labute approximate surface area is 111 Å². The summed E-state index contributed by atoms with van der Waals surface area (Å²) in [6.07, 6.45) is 2.24. The summed E-state index contributed by atoms with van der Waals surface area (Å²) >= 11 is 1.69. The number of ether oxygens (including phenoxy) is 2. The molecule has 1 aromatic rings. The smallest absolute Gasteiger partial charge is 0.249 e. The van der Waals surface area contributed by atoms with Crippen LogP contribution < -0.4 is 0 Å². The van der Waals surface area contributed by atoms with E-state index in [4.69, 9.17) is 9.47 Å². The summed E-state index contributed by atoms with van der Waals surface area (Å²) in [6.45, 7) is 1.88. The van der Waals surface area contributed by atoms with E-state index in [-0.39, 0.29) is 12.5 Å². The van der Waals surface area contributed by atoms with Crippen LogP contribution in [0.25, 0.3) is 0 Å². The molecular weight excluding hydrogens is 250 g/mol. The fourth-order valence-electron chi connectivity index (χ4n) is 1.76. The van der Waals surface area contributed by atoms with E-state index in [9.17, 15) is 4.79 Å². The Morgan fingerprint density at radius 1 is 1.50 bits per heavy atom. The highest BCUT2D eigenvalue weighted by Crippen LogP contribution is 2.29. The van der Waals surface area contributed by atoms with Crippen LogP contribution in [-0.2, 0) is 20.8 Å². The second kappa shape index (κ2) is 6.87. The van der Waals surface area contributed by atoms with E-state index >= 15 is 0 Å². The quantitative estimate of drug-likeness (QED) is 0.677. The predicted octanol–water partition coefficient (Wildman–Crippen LogP) is 1.90. The lowest BCUT2D eigenvalue weighted by Crippen LogP contribution is -2.35. The normalized spacial score (nSPS) is 14.7. The van der Waals surface area contributed by atoms with Crippen LogP contribution in [-0.4, -0.2) is 43.8 Å². The largest absolute Gasteiger partial charge is 0.382 e. The molecule has 0 aromatic carbocycles. The molecule has 0 bridgehead atoms. The molecule has 1 aromatic heterocycles. The van der Waals surface area contributed by atoms with Gasteiger partial charge in [0.25, 0.3) is 0 Å². The van der Waals surface area contributed by atoms with E-state index in [0.29, 0.717) is 19.3 Å². The Morgan fingerprint density at radius 3 is 2.94 bits per heavy atom. The van der Waals surface area contributed by atoms with Crippen LogP contribution in [0.5, 0.6) is 0 Å². The summed E-state index contributed by atoms with van der Waals surface area (Å²) in [7, 11) is 1.62. The SMILES string of the molecule is COCCOCC(=O)N(Cc1cccs1)C1CC1. The standard InChI is InChI=1S/C13H19NO3S/c1-16-6-7-17-10-13(15)14(11-4-5-11)9-12-3-2-8-18-12/h2-3,8,11H,4-7,9-10H2,1H3. The van der Waals surface area contributed by atoms with Crippen molar-refractivity contribution in [1.82, 2.24) is 4.90 Å². The van der Waals surface area contributed by atoms with E-state index in [1.165, 1.54) is 4.88 Å². The van der Waals surface area contributed by atoms with Crippen LogP contribution in [0.3, 0.4) is 0 Å². The van der Waals surface area contributed by atoms with Crippen LogP contribution in [0.2, 0.25) is 0 Å². The van der Waals surface area contributed by atoms with Gasteiger partial charge in [-0.3, -0.25) is 4.79 Å². The lowest BCUT2D eigenvalue weighted by atomic mass is 10.4. The van der Waals surface area contributed by atoms with Crippen LogP contribution in [0.4, 0.5) is 0 Å². The third-order valence-electron chi connectivity index (χ3n) is 2.87. The number of methoxy groups -OCH3 is 1. The molecule has 0 aliphatic heterocycles. The average molecular weight is 269 g/mol. The van der Waals surface area contributed by atoms with Crippen LogP contribution in [0, 0.1) is 0 Å². The molecule has 2 rings (SSSR count). The number of nitrogens with zero attached hydrogens (tertiary/aromatic N) is 1. The maximum Gasteiger partial charge on any atom is 0.249 e. The summed E-state index contributed by atoms with van der Waals surface area (Å²) < 4.78 is 10.2. The molecule has 5 heteroatoms. The molecule has 100 valence electrons. The average Bonchev–Trinajstić information content (AvgIpc) is 3.08. The van der Waals surface area contributed by atoms with Gasteiger partial charge in [-0.15, -0.1) is 11.3 Å². The first-order chi connectivity index (χ1) is 8.81. The number of carbonyl (C=O) groups excluding carboxylic acids is 1. The molecule has 0 unspecified atom stereocenters. The number of hydrogen-bond donors (Lipinski definition) is 0. The highest BCUT2D eigenvalue weighted by molar-refractivity contribution is 7.09. The van der Waals surface area contributed by atoms with E-state index < -0.39 is 0 Å². The maximum atomic E-state index is 12.1. The molecule has 0 spiro atoms. The Balaban J connectivity index is 1.79. The first kappa shape index (κ1) is 13.5. The molecule has 1 fully saturated rings. The van der Waals surface area contributed by atoms with Gasteiger partial charge in [-0.2, -0.15) is 0 Å². The van der Waals surface area contributed by atoms with Gasteiger partial charge >= 0.3 is 0 Å². The second-order valence-corrected chi connectivity index (χ2v) is 5.41.